The molecule has 0 bridgehead atoms. The predicted molar refractivity (Wildman–Crippen MR) is 165 cm³/mol. The fourth-order valence-corrected chi connectivity index (χ4v) is 6.62. The lowest BCUT2D eigenvalue weighted by Crippen LogP contribution is -2.74. The van der Waals surface area contributed by atoms with Crippen molar-refractivity contribution >= 4 is 82.5 Å². The molecule has 0 saturated carbocycles. The number of nitrogens with zero attached hydrogens (tertiary/aromatic N) is 3. The third-order valence-corrected chi connectivity index (χ3v) is 8.85. The molecular formula is C26H33BClN5O10S2. The summed E-state index contributed by atoms with van der Waals surface area (Å²) in [7, 11) is 3.25. The standard InChI is InChI=1S/C26H33BClN5O10S2/c1-7-8-9-40-22(37)26(5,6)43-32-15(14-11-44-23(29-14)31-24(38)41-25(2,3)4)18(34)30-16-19(35)33-17(21(36)42-27)13(10-28)12-45(39)20(16)33/h11,16,20H,7-10,12H2,1-6H3,(H,30,34)(H,29,31,38)/b32-15-/t16-,20-,45?/m1/s1. The average molecular weight is 686 g/mol. The lowest BCUT2D eigenvalue weighted by atomic mass is 10.0. The summed E-state index contributed by atoms with van der Waals surface area (Å²) in [5.74, 6) is -3.95. The van der Waals surface area contributed by atoms with Gasteiger partial charge in [-0.15, -0.1) is 22.9 Å². The Kier molecular flexibility index (Phi) is 11.8. The van der Waals surface area contributed by atoms with Crippen LogP contribution >= 0.6 is 22.9 Å². The number of ether oxygens (including phenoxy) is 2. The molecule has 2 aliphatic heterocycles. The number of alkyl halides is 1. The van der Waals surface area contributed by atoms with Gasteiger partial charge in [0.1, 0.15) is 28.4 Å². The van der Waals surface area contributed by atoms with Gasteiger partial charge in [0.15, 0.2) is 10.8 Å². The van der Waals surface area contributed by atoms with E-state index >= 15 is 0 Å². The number of carbonyl (C=O) groups is 5. The van der Waals surface area contributed by atoms with Gasteiger partial charge < -0.3 is 24.3 Å². The van der Waals surface area contributed by atoms with Crippen LogP contribution in [0.25, 0.3) is 0 Å². The number of esters is 1. The molecule has 2 radical (unpaired) electrons. The number of oxime groups is 1. The maximum atomic E-state index is 13.6. The molecule has 3 heterocycles. The fraction of sp³-hybridized carbons (Fsp3) is 0.577. The molecule has 1 unspecified atom stereocenters. The van der Waals surface area contributed by atoms with Crippen LogP contribution in [0.4, 0.5) is 9.93 Å². The molecule has 244 valence electrons. The number of carbonyl (C=O) groups excluding carboxylic acids is 5. The van der Waals surface area contributed by atoms with Crippen molar-refractivity contribution in [3.8, 4) is 0 Å². The van der Waals surface area contributed by atoms with Crippen LogP contribution in [0, 0.1) is 0 Å². The zero-order chi connectivity index (χ0) is 33.7. The molecule has 1 saturated heterocycles. The van der Waals surface area contributed by atoms with Crippen LogP contribution in [0.5, 0.6) is 0 Å². The van der Waals surface area contributed by atoms with Crippen molar-refractivity contribution in [2.75, 3.05) is 23.6 Å². The van der Waals surface area contributed by atoms with Crippen molar-refractivity contribution in [2.24, 2.45) is 5.16 Å². The smallest absolute Gasteiger partial charge is 0.413 e. The van der Waals surface area contributed by atoms with Gasteiger partial charge in [-0.2, -0.15) is 0 Å². The first kappa shape index (κ1) is 36.0. The van der Waals surface area contributed by atoms with Crippen molar-refractivity contribution in [1.29, 1.82) is 0 Å². The monoisotopic (exact) mass is 685 g/mol. The summed E-state index contributed by atoms with van der Waals surface area (Å²) >= 11 is 6.83. The van der Waals surface area contributed by atoms with Gasteiger partial charge in [0.2, 0.25) is 5.60 Å². The molecule has 1 aromatic rings. The number of nitrogens with one attached hydrogen (secondary N) is 2. The molecule has 19 heteroatoms. The van der Waals surface area contributed by atoms with E-state index in [9.17, 15) is 28.2 Å². The van der Waals surface area contributed by atoms with Gasteiger partial charge in [-0.3, -0.25) is 24.0 Å². The topological polar surface area (TPSA) is 192 Å². The van der Waals surface area contributed by atoms with Crippen LogP contribution in [0.15, 0.2) is 21.8 Å². The number of amides is 3. The Labute approximate surface area is 272 Å². The Morgan fingerprint density at radius 3 is 2.53 bits per heavy atom. The number of anilines is 1. The second kappa shape index (κ2) is 14.7. The number of unbranched alkanes of at least 4 members (excludes halogenated alkanes) is 1. The highest BCUT2D eigenvalue weighted by molar-refractivity contribution is 7.86. The van der Waals surface area contributed by atoms with Crippen molar-refractivity contribution in [3.63, 3.8) is 0 Å². The van der Waals surface area contributed by atoms with Crippen LogP contribution in [0.1, 0.15) is 60.1 Å². The number of aromatic nitrogens is 1. The summed E-state index contributed by atoms with van der Waals surface area (Å²) in [5, 5.41) is 9.07. The lowest BCUT2D eigenvalue weighted by Gasteiger charge is -2.49. The summed E-state index contributed by atoms with van der Waals surface area (Å²) in [6.45, 7) is 9.88. The quantitative estimate of drug-likeness (QED) is 0.0621. The third-order valence-electron chi connectivity index (χ3n) is 6.11. The molecular weight excluding hydrogens is 653 g/mol. The number of rotatable bonds is 12. The number of thiazole rings is 1. The van der Waals surface area contributed by atoms with E-state index in [-0.39, 0.29) is 40.3 Å². The average Bonchev–Trinajstić information content (AvgIpc) is 3.41. The summed E-state index contributed by atoms with van der Waals surface area (Å²) < 4.78 is 27.7. The van der Waals surface area contributed by atoms with Gasteiger partial charge >= 0.3 is 26.1 Å². The zero-order valence-electron chi connectivity index (χ0n) is 25.5. The molecule has 3 rings (SSSR count). The Morgan fingerprint density at radius 1 is 1.24 bits per heavy atom. The van der Waals surface area contributed by atoms with Gasteiger partial charge in [0, 0.05) is 11.3 Å². The van der Waals surface area contributed by atoms with E-state index < -0.39 is 69.0 Å². The van der Waals surface area contributed by atoms with Gasteiger partial charge in [-0.1, -0.05) is 18.5 Å². The van der Waals surface area contributed by atoms with E-state index in [0.717, 1.165) is 22.7 Å². The van der Waals surface area contributed by atoms with Gasteiger partial charge in [0.05, 0.1) is 23.2 Å². The second-order valence-corrected chi connectivity index (χ2v) is 13.9. The molecule has 0 aromatic carbocycles. The van der Waals surface area contributed by atoms with Crippen molar-refractivity contribution in [2.45, 2.75) is 77.0 Å². The van der Waals surface area contributed by atoms with Crippen LogP contribution < -0.4 is 10.6 Å². The first-order chi connectivity index (χ1) is 21.0. The molecule has 0 aliphatic carbocycles. The summed E-state index contributed by atoms with van der Waals surface area (Å²) in [5.41, 5.74) is -3.05. The van der Waals surface area contributed by atoms with Gasteiger partial charge in [-0.05, 0) is 46.6 Å². The largest absolute Gasteiger partial charge is 0.539 e. The number of halogens is 1. The van der Waals surface area contributed by atoms with E-state index in [1.165, 1.54) is 19.2 Å². The number of hydrogen-bond acceptors (Lipinski definition) is 13. The third kappa shape index (κ3) is 8.61. The number of β-lactam (4-membered cyclic amide) rings is 1. The molecule has 3 amide bonds. The highest BCUT2D eigenvalue weighted by Crippen LogP contribution is 2.35. The highest BCUT2D eigenvalue weighted by Gasteiger charge is 2.57. The minimum absolute atomic E-state index is 0.0425. The number of fused-ring (bicyclic) bond motifs is 1. The van der Waals surface area contributed by atoms with E-state index in [2.05, 4.69) is 25.4 Å². The van der Waals surface area contributed by atoms with Crippen molar-refractivity contribution < 1.29 is 47.1 Å². The molecule has 1 aromatic heterocycles. The Morgan fingerprint density at radius 2 is 1.93 bits per heavy atom. The maximum Gasteiger partial charge on any atom is 0.413 e. The van der Waals surface area contributed by atoms with Crippen molar-refractivity contribution in [1.82, 2.24) is 15.2 Å². The first-order valence-electron chi connectivity index (χ1n) is 13.6. The Balaban J connectivity index is 1.89. The van der Waals surface area contributed by atoms with Gasteiger partial charge in [0.25, 0.3) is 11.8 Å². The van der Waals surface area contributed by atoms with E-state index in [1.54, 1.807) is 20.8 Å². The van der Waals surface area contributed by atoms with E-state index in [1.807, 2.05) is 6.92 Å². The molecule has 2 N–H and O–H groups in total. The SMILES string of the molecule is [B]OC(=O)C1=C(CCl)CS(=O)[C@@H]2[C@H](NC(=O)/C(=N\OC(C)(C)C(=O)OCCCC)c3csc(NC(=O)OC(C)(C)C)n3)C(=O)N12. The Hall–Kier alpha value is -3.51. The summed E-state index contributed by atoms with van der Waals surface area (Å²) in [4.78, 5) is 74.4. The summed E-state index contributed by atoms with van der Waals surface area (Å²) in [6.07, 6.45) is 0.628. The van der Waals surface area contributed by atoms with Crippen LogP contribution in [0.3, 0.4) is 0 Å². The summed E-state index contributed by atoms with van der Waals surface area (Å²) in [6, 6.07) is -1.36. The minimum atomic E-state index is -1.77. The van der Waals surface area contributed by atoms with Crippen LogP contribution in [-0.2, 0) is 48.9 Å². The minimum Gasteiger partial charge on any atom is -0.539 e. The molecule has 3 atom stereocenters. The van der Waals surface area contributed by atoms with E-state index in [0.29, 0.717) is 6.42 Å². The normalized spacial score (nSPS) is 20.1. The van der Waals surface area contributed by atoms with Crippen molar-refractivity contribution in [3.05, 3.63) is 22.3 Å². The Bertz CT molecular complexity index is 1440. The first-order valence-corrected chi connectivity index (χ1v) is 16.4. The highest BCUT2D eigenvalue weighted by atomic mass is 35.5. The molecule has 2 aliphatic rings. The van der Waals surface area contributed by atoms with Crippen LogP contribution in [0.2, 0.25) is 0 Å². The van der Waals surface area contributed by atoms with Gasteiger partial charge in [-0.25, -0.2) is 19.4 Å². The lowest BCUT2D eigenvalue weighted by molar-refractivity contribution is -0.168. The van der Waals surface area contributed by atoms with Crippen LogP contribution in [-0.4, -0.2) is 98.6 Å². The zero-order valence-corrected chi connectivity index (χ0v) is 27.9. The molecule has 45 heavy (non-hydrogen) atoms. The predicted octanol–water partition coefficient (Wildman–Crippen LogP) is 1.87. The molecule has 1 fully saturated rings. The fourth-order valence-electron chi connectivity index (χ4n) is 3.93. The molecule has 15 nitrogen and oxygen atoms in total. The molecule has 0 spiro atoms. The second-order valence-electron chi connectivity index (χ2n) is 11.3. The van der Waals surface area contributed by atoms with E-state index in [4.69, 9.17) is 34.0 Å². The number of hydrogen-bond donors (Lipinski definition) is 2. The maximum absolute atomic E-state index is 13.6.